The van der Waals surface area contributed by atoms with E-state index >= 15 is 0 Å². The third kappa shape index (κ3) is 5.90. The Labute approximate surface area is 165 Å². The van der Waals surface area contributed by atoms with Gasteiger partial charge in [0.05, 0.1) is 13.2 Å². The van der Waals surface area contributed by atoms with E-state index in [4.69, 9.17) is 4.74 Å². The Kier molecular flexibility index (Phi) is 7.72. The number of nitrogens with zero attached hydrogens (tertiary/aromatic N) is 3. The maximum atomic E-state index is 10.7. The number of ether oxygens (including phenoxy) is 1. The lowest BCUT2D eigenvalue weighted by Gasteiger charge is -2.32. The zero-order chi connectivity index (χ0) is 18.4. The average Bonchev–Trinajstić information content (AvgIpc) is 2.65. The van der Waals surface area contributed by atoms with E-state index in [0.29, 0.717) is 12.3 Å². The molecule has 0 unspecified atom stereocenters. The quantitative estimate of drug-likeness (QED) is 0.641. The summed E-state index contributed by atoms with van der Waals surface area (Å²) in [4.78, 5) is 7.17. The van der Waals surface area contributed by atoms with Crippen molar-refractivity contribution in [1.29, 1.82) is 0 Å². The van der Waals surface area contributed by atoms with E-state index in [9.17, 15) is 5.11 Å². The second kappa shape index (κ2) is 10.0. The molecule has 2 saturated heterocycles. The normalized spacial score (nSPS) is 20.5. The van der Waals surface area contributed by atoms with Gasteiger partial charge in [-0.2, -0.15) is 0 Å². The molecule has 0 bridgehead atoms. The zero-order valence-electron chi connectivity index (χ0n) is 15.7. The Balaban J connectivity index is 1.51. The summed E-state index contributed by atoms with van der Waals surface area (Å²) >= 11 is 3.61. The highest BCUT2D eigenvalue weighted by Gasteiger charge is 2.17. The number of hydrogen-bond acceptors (Lipinski definition) is 6. The third-order valence-electron chi connectivity index (χ3n) is 5.25. The molecule has 2 fully saturated rings. The molecule has 3 rings (SSSR count). The molecule has 0 aliphatic carbocycles. The molecule has 26 heavy (non-hydrogen) atoms. The fourth-order valence-electron chi connectivity index (χ4n) is 3.50. The zero-order valence-corrected chi connectivity index (χ0v) is 17.3. The van der Waals surface area contributed by atoms with Gasteiger partial charge in [0.2, 0.25) is 0 Å². The molecule has 2 aliphatic rings. The van der Waals surface area contributed by atoms with E-state index in [-0.39, 0.29) is 0 Å². The van der Waals surface area contributed by atoms with Gasteiger partial charge >= 0.3 is 0 Å². The number of nitrogens with one attached hydrogen (secondary N) is 1. The molecule has 6 nitrogen and oxygen atoms in total. The molecule has 1 aromatic carbocycles. The number of aromatic hydroxyl groups is 1. The molecule has 2 N–H and O–H groups in total. The van der Waals surface area contributed by atoms with E-state index < -0.39 is 0 Å². The molecular formula is C19H31BrN4O2. The van der Waals surface area contributed by atoms with Crippen LogP contribution in [-0.4, -0.2) is 92.4 Å². The summed E-state index contributed by atoms with van der Waals surface area (Å²) in [6.45, 7) is 11.4. The lowest BCUT2D eigenvalue weighted by molar-refractivity contribution is 0.0384. The number of hydrogen-bond donors (Lipinski definition) is 2. The predicted octanol–water partition coefficient (Wildman–Crippen LogP) is 1.32. The maximum Gasteiger partial charge on any atom is 0.124 e. The van der Waals surface area contributed by atoms with Gasteiger partial charge in [-0.25, -0.2) is 0 Å². The van der Waals surface area contributed by atoms with Crippen LogP contribution in [0.2, 0.25) is 0 Å². The van der Waals surface area contributed by atoms with Crippen molar-refractivity contribution in [3.05, 3.63) is 27.7 Å². The SMILES string of the molecule is CN1CCN(Cc2cc(Br)cc(CNCCN3CCOCC3)c2O)CC1. The van der Waals surface area contributed by atoms with E-state index in [1.165, 1.54) is 0 Å². The van der Waals surface area contributed by atoms with Crippen LogP contribution in [0.25, 0.3) is 0 Å². The largest absolute Gasteiger partial charge is 0.507 e. The Hall–Kier alpha value is -0.700. The van der Waals surface area contributed by atoms with Crippen molar-refractivity contribution < 1.29 is 9.84 Å². The number of rotatable bonds is 7. The van der Waals surface area contributed by atoms with E-state index in [0.717, 1.165) is 87.7 Å². The minimum atomic E-state index is 0.436. The van der Waals surface area contributed by atoms with Crippen LogP contribution >= 0.6 is 15.9 Å². The molecule has 0 atom stereocenters. The van der Waals surface area contributed by atoms with Crippen molar-refractivity contribution in [2.75, 3.05) is 72.6 Å². The van der Waals surface area contributed by atoms with Crippen molar-refractivity contribution in [2.45, 2.75) is 13.1 Å². The number of morpholine rings is 1. The first kappa shape index (κ1) is 20.0. The maximum absolute atomic E-state index is 10.7. The lowest BCUT2D eigenvalue weighted by Crippen LogP contribution is -2.43. The molecule has 0 amide bonds. The van der Waals surface area contributed by atoms with Gasteiger partial charge in [0, 0.05) is 81.0 Å². The Bertz CT molecular complexity index is 573. The van der Waals surface area contributed by atoms with Gasteiger partial charge < -0.3 is 20.1 Å². The van der Waals surface area contributed by atoms with Crippen LogP contribution in [0.5, 0.6) is 5.75 Å². The molecular weight excluding hydrogens is 396 g/mol. The van der Waals surface area contributed by atoms with Gasteiger partial charge in [-0.3, -0.25) is 9.80 Å². The Morgan fingerprint density at radius 3 is 2.46 bits per heavy atom. The summed E-state index contributed by atoms with van der Waals surface area (Å²) in [5.74, 6) is 0.436. The first-order valence-electron chi connectivity index (χ1n) is 9.54. The first-order chi connectivity index (χ1) is 12.6. The van der Waals surface area contributed by atoms with Crippen LogP contribution in [0.15, 0.2) is 16.6 Å². The van der Waals surface area contributed by atoms with Gasteiger partial charge in [0.1, 0.15) is 5.75 Å². The van der Waals surface area contributed by atoms with Crippen LogP contribution in [-0.2, 0) is 17.8 Å². The smallest absolute Gasteiger partial charge is 0.124 e. The van der Waals surface area contributed by atoms with Crippen LogP contribution in [0.4, 0.5) is 0 Å². The molecule has 2 aliphatic heterocycles. The number of halogens is 1. The fraction of sp³-hybridized carbons (Fsp3) is 0.684. The fourth-order valence-corrected chi connectivity index (χ4v) is 4.06. The minimum absolute atomic E-state index is 0.436. The van der Waals surface area contributed by atoms with Gasteiger partial charge in [0.25, 0.3) is 0 Å². The van der Waals surface area contributed by atoms with Gasteiger partial charge in [0.15, 0.2) is 0 Å². The minimum Gasteiger partial charge on any atom is -0.507 e. The molecule has 7 heteroatoms. The van der Waals surface area contributed by atoms with Crippen molar-refractivity contribution in [2.24, 2.45) is 0 Å². The summed E-state index contributed by atoms with van der Waals surface area (Å²) in [5, 5.41) is 14.2. The average molecular weight is 427 g/mol. The van der Waals surface area contributed by atoms with Crippen molar-refractivity contribution in [3.8, 4) is 5.75 Å². The van der Waals surface area contributed by atoms with Crippen LogP contribution in [0.3, 0.4) is 0 Å². The monoisotopic (exact) mass is 426 g/mol. The van der Waals surface area contributed by atoms with E-state index in [1.807, 2.05) is 12.1 Å². The second-order valence-corrected chi connectivity index (χ2v) is 8.20. The highest BCUT2D eigenvalue weighted by atomic mass is 79.9. The first-order valence-corrected chi connectivity index (χ1v) is 10.3. The molecule has 146 valence electrons. The van der Waals surface area contributed by atoms with Crippen molar-refractivity contribution in [3.63, 3.8) is 0 Å². The molecule has 2 heterocycles. The lowest BCUT2D eigenvalue weighted by atomic mass is 10.1. The molecule has 0 aromatic heterocycles. The number of piperazine rings is 1. The topological polar surface area (TPSA) is 51.2 Å². The van der Waals surface area contributed by atoms with Gasteiger partial charge in [-0.15, -0.1) is 0 Å². The van der Waals surface area contributed by atoms with Gasteiger partial charge in [-0.1, -0.05) is 15.9 Å². The van der Waals surface area contributed by atoms with Crippen LogP contribution in [0, 0.1) is 0 Å². The van der Waals surface area contributed by atoms with Crippen LogP contribution < -0.4 is 5.32 Å². The number of benzene rings is 1. The molecule has 0 saturated carbocycles. The Morgan fingerprint density at radius 1 is 1.04 bits per heavy atom. The van der Waals surface area contributed by atoms with Crippen molar-refractivity contribution >= 4 is 15.9 Å². The van der Waals surface area contributed by atoms with E-state index in [1.54, 1.807) is 0 Å². The molecule has 1 aromatic rings. The summed E-state index contributed by atoms with van der Waals surface area (Å²) in [6.07, 6.45) is 0. The molecule has 0 spiro atoms. The Morgan fingerprint density at radius 2 is 1.73 bits per heavy atom. The van der Waals surface area contributed by atoms with Gasteiger partial charge in [-0.05, 0) is 19.2 Å². The predicted molar refractivity (Wildman–Crippen MR) is 108 cm³/mol. The summed E-state index contributed by atoms with van der Waals surface area (Å²) < 4.78 is 6.41. The number of likely N-dealkylation sites (N-methyl/N-ethyl adjacent to an activating group) is 1. The third-order valence-corrected chi connectivity index (χ3v) is 5.70. The molecule has 0 radical (unpaired) electrons. The standard InChI is InChI=1S/C19H31BrN4O2/c1-22-4-6-24(7-5-22)15-17-13-18(20)12-16(19(17)25)14-21-2-3-23-8-10-26-11-9-23/h12-13,21,25H,2-11,14-15H2,1H3. The number of phenols is 1. The second-order valence-electron chi connectivity index (χ2n) is 7.28. The summed E-state index contributed by atoms with van der Waals surface area (Å²) in [6, 6.07) is 4.06. The highest BCUT2D eigenvalue weighted by Crippen LogP contribution is 2.28. The summed E-state index contributed by atoms with van der Waals surface area (Å²) in [5.41, 5.74) is 1.97. The summed E-state index contributed by atoms with van der Waals surface area (Å²) in [7, 11) is 2.16. The highest BCUT2D eigenvalue weighted by molar-refractivity contribution is 9.10. The van der Waals surface area contributed by atoms with Crippen molar-refractivity contribution in [1.82, 2.24) is 20.0 Å². The van der Waals surface area contributed by atoms with Crippen LogP contribution in [0.1, 0.15) is 11.1 Å². The number of phenolic OH excluding ortho intramolecular Hbond substituents is 1. The van der Waals surface area contributed by atoms with E-state index in [2.05, 4.69) is 43.0 Å².